The summed E-state index contributed by atoms with van der Waals surface area (Å²) < 4.78 is 7.55. The summed E-state index contributed by atoms with van der Waals surface area (Å²) in [4.78, 5) is 30.6. The second-order valence-corrected chi connectivity index (χ2v) is 11.0. The molecule has 0 saturated heterocycles. The minimum Gasteiger partial charge on any atom is -0.493 e. The second kappa shape index (κ2) is 11.6. The van der Waals surface area contributed by atoms with Gasteiger partial charge in [0.15, 0.2) is 0 Å². The predicted octanol–water partition coefficient (Wildman–Crippen LogP) is 6.24. The summed E-state index contributed by atoms with van der Waals surface area (Å²) >= 11 is 0. The number of hydrogen-bond donors (Lipinski definition) is 3. The highest BCUT2D eigenvalue weighted by atomic mass is 16.5. The Hall–Kier alpha value is -4.72. The van der Waals surface area contributed by atoms with E-state index in [2.05, 4.69) is 18.3 Å². The normalized spacial score (nSPS) is 13.8. The SMILES string of the molecule is CCCCc1nc(C2CC2)n(-c2ccc3c(c2)CCO3)c(=O)c1Cc1ccc(-c2ccccc2C(=N)NC(=O)O)cc1. The van der Waals surface area contributed by atoms with E-state index >= 15 is 0 Å². The van der Waals surface area contributed by atoms with Crippen molar-refractivity contribution in [2.45, 2.75) is 57.8 Å². The van der Waals surface area contributed by atoms with Crippen LogP contribution in [-0.2, 0) is 19.3 Å². The third-order valence-electron chi connectivity index (χ3n) is 8.00. The number of nitrogens with one attached hydrogen (secondary N) is 2. The van der Waals surface area contributed by atoms with Gasteiger partial charge in [-0.3, -0.25) is 20.1 Å². The summed E-state index contributed by atoms with van der Waals surface area (Å²) in [7, 11) is 0. The van der Waals surface area contributed by atoms with Crippen molar-refractivity contribution in [2.24, 2.45) is 0 Å². The lowest BCUT2D eigenvalue weighted by atomic mass is 9.96. The Balaban J connectivity index is 1.37. The number of fused-ring (bicyclic) bond motifs is 1. The Morgan fingerprint density at radius 2 is 1.90 bits per heavy atom. The van der Waals surface area contributed by atoms with Crippen LogP contribution in [0.4, 0.5) is 4.79 Å². The van der Waals surface area contributed by atoms with Crippen LogP contribution in [0.5, 0.6) is 5.75 Å². The molecule has 8 heteroatoms. The topological polar surface area (TPSA) is 117 Å². The van der Waals surface area contributed by atoms with Crippen LogP contribution in [-0.4, -0.2) is 33.2 Å². The maximum absolute atomic E-state index is 14.3. The van der Waals surface area contributed by atoms with E-state index < -0.39 is 6.09 Å². The molecule has 1 amide bonds. The number of aryl methyl sites for hydroxylation is 1. The molecule has 1 aromatic heterocycles. The van der Waals surface area contributed by atoms with Crippen LogP contribution in [0, 0.1) is 5.41 Å². The number of carbonyl (C=O) groups is 1. The first kappa shape index (κ1) is 27.4. The molecule has 0 unspecified atom stereocenters. The molecule has 0 spiro atoms. The van der Waals surface area contributed by atoms with Crippen molar-refractivity contribution in [3.05, 3.63) is 111 Å². The van der Waals surface area contributed by atoms with Crippen LogP contribution in [0.1, 0.15) is 72.3 Å². The summed E-state index contributed by atoms with van der Waals surface area (Å²) in [5.41, 5.74) is 6.70. The highest BCUT2D eigenvalue weighted by Crippen LogP contribution is 2.40. The zero-order valence-corrected chi connectivity index (χ0v) is 23.7. The third kappa shape index (κ3) is 5.57. The van der Waals surface area contributed by atoms with Crippen molar-refractivity contribution < 1.29 is 14.6 Å². The van der Waals surface area contributed by atoms with Crippen LogP contribution >= 0.6 is 0 Å². The number of ether oxygens (including phenoxy) is 1. The molecular formula is C34H34N4O4. The zero-order valence-electron chi connectivity index (χ0n) is 23.7. The number of carboxylic acid groups (broad SMARTS) is 1. The summed E-state index contributed by atoms with van der Waals surface area (Å²) in [6.07, 6.45) is 4.89. The molecule has 42 heavy (non-hydrogen) atoms. The van der Waals surface area contributed by atoms with Crippen molar-refractivity contribution >= 4 is 11.9 Å². The van der Waals surface area contributed by atoms with Gasteiger partial charge in [0, 0.05) is 29.9 Å². The van der Waals surface area contributed by atoms with Gasteiger partial charge in [0.25, 0.3) is 5.56 Å². The summed E-state index contributed by atoms with van der Waals surface area (Å²) in [5, 5.41) is 19.4. The van der Waals surface area contributed by atoms with Gasteiger partial charge in [0.2, 0.25) is 0 Å². The first-order valence-electron chi connectivity index (χ1n) is 14.6. The molecule has 2 aliphatic rings. The van der Waals surface area contributed by atoms with Gasteiger partial charge in [-0.15, -0.1) is 0 Å². The molecule has 8 nitrogen and oxygen atoms in total. The van der Waals surface area contributed by atoms with Crippen LogP contribution < -0.4 is 15.6 Å². The fraction of sp³-hybridized carbons (Fsp3) is 0.294. The van der Waals surface area contributed by atoms with Crippen LogP contribution in [0.3, 0.4) is 0 Å². The number of amidine groups is 1. The molecule has 214 valence electrons. The maximum atomic E-state index is 14.3. The Labute approximate surface area is 244 Å². The average molecular weight is 563 g/mol. The number of aromatic nitrogens is 2. The number of amides is 1. The van der Waals surface area contributed by atoms with Gasteiger partial charge >= 0.3 is 6.09 Å². The predicted molar refractivity (Wildman–Crippen MR) is 162 cm³/mol. The number of nitrogens with zero attached hydrogens (tertiary/aromatic N) is 2. The van der Waals surface area contributed by atoms with Gasteiger partial charge in [0.05, 0.1) is 18.0 Å². The van der Waals surface area contributed by atoms with Crippen molar-refractivity contribution in [1.29, 1.82) is 5.41 Å². The third-order valence-corrected chi connectivity index (χ3v) is 8.00. The molecule has 4 aromatic rings. The molecule has 6 rings (SSSR count). The lowest BCUT2D eigenvalue weighted by Gasteiger charge is -2.18. The van der Waals surface area contributed by atoms with E-state index in [1.54, 1.807) is 12.1 Å². The molecule has 3 aromatic carbocycles. The minimum atomic E-state index is -1.27. The van der Waals surface area contributed by atoms with E-state index in [1.165, 1.54) is 0 Å². The van der Waals surface area contributed by atoms with Gasteiger partial charge in [-0.1, -0.05) is 61.9 Å². The number of unbranched alkanes of at least 4 members (excludes halogenated alkanes) is 1. The quantitative estimate of drug-likeness (QED) is 0.165. The average Bonchev–Trinajstić information content (AvgIpc) is 3.73. The number of rotatable bonds is 9. The van der Waals surface area contributed by atoms with Gasteiger partial charge in [-0.2, -0.15) is 0 Å². The highest BCUT2D eigenvalue weighted by Gasteiger charge is 2.31. The Morgan fingerprint density at radius 1 is 1.12 bits per heavy atom. The number of benzene rings is 3. The van der Waals surface area contributed by atoms with Crippen molar-refractivity contribution in [1.82, 2.24) is 14.9 Å². The van der Waals surface area contributed by atoms with Gasteiger partial charge in [0.1, 0.15) is 17.4 Å². The first-order chi connectivity index (χ1) is 20.4. The lowest BCUT2D eigenvalue weighted by molar-refractivity contribution is 0.200. The molecule has 1 aliphatic heterocycles. The molecule has 1 saturated carbocycles. The van der Waals surface area contributed by atoms with E-state index in [-0.39, 0.29) is 11.4 Å². The van der Waals surface area contributed by atoms with E-state index in [0.717, 1.165) is 89.3 Å². The minimum absolute atomic E-state index is 0.000478. The largest absolute Gasteiger partial charge is 0.493 e. The first-order valence-corrected chi connectivity index (χ1v) is 14.6. The molecule has 0 bridgehead atoms. The molecule has 1 aliphatic carbocycles. The van der Waals surface area contributed by atoms with Gasteiger partial charge in [-0.25, -0.2) is 9.78 Å². The molecule has 1 fully saturated rings. The Morgan fingerprint density at radius 3 is 2.64 bits per heavy atom. The van der Waals surface area contributed by atoms with Gasteiger partial charge < -0.3 is 9.84 Å². The maximum Gasteiger partial charge on any atom is 0.410 e. The molecule has 2 heterocycles. The lowest BCUT2D eigenvalue weighted by Crippen LogP contribution is -2.29. The molecule has 0 radical (unpaired) electrons. The molecule has 0 atom stereocenters. The summed E-state index contributed by atoms with van der Waals surface area (Å²) in [6.45, 7) is 2.82. The van der Waals surface area contributed by atoms with E-state index in [0.29, 0.717) is 24.5 Å². The monoisotopic (exact) mass is 562 g/mol. The smallest absolute Gasteiger partial charge is 0.410 e. The Bertz CT molecular complexity index is 1720. The van der Waals surface area contributed by atoms with Gasteiger partial charge in [-0.05, 0) is 66.1 Å². The fourth-order valence-corrected chi connectivity index (χ4v) is 5.66. The Kier molecular flexibility index (Phi) is 7.61. The van der Waals surface area contributed by atoms with Crippen LogP contribution in [0.15, 0.2) is 71.5 Å². The molecular weight excluding hydrogens is 528 g/mol. The van der Waals surface area contributed by atoms with Crippen LogP contribution in [0.25, 0.3) is 16.8 Å². The molecule has 3 N–H and O–H groups in total. The van der Waals surface area contributed by atoms with Crippen LogP contribution in [0.2, 0.25) is 0 Å². The van der Waals surface area contributed by atoms with Crippen molar-refractivity contribution in [3.63, 3.8) is 0 Å². The standard InChI is InChI=1S/C34H34N4O4/c1-2-3-8-29-28(19-21-9-11-22(12-10-21)26-6-4-5-7-27(26)31(35)37-34(40)41)33(39)38(32(36-29)23-13-14-23)25-15-16-30-24(20-25)17-18-42-30/h4-7,9-12,15-16,20,23H,2-3,8,13-14,17-19H2,1H3,(H2,35,37)(H,40,41). The highest BCUT2D eigenvalue weighted by molar-refractivity contribution is 6.08. The summed E-state index contributed by atoms with van der Waals surface area (Å²) in [6, 6.07) is 21.2. The second-order valence-electron chi connectivity index (χ2n) is 11.0. The van der Waals surface area contributed by atoms with E-state index in [4.69, 9.17) is 20.2 Å². The summed E-state index contributed by atoms with van der Waals surface area (Å²) in [5.74, 6) is 1.90. The van der Waals surface area contributed by atoms with Crippen molar-refractivity contribution in [3.8, 4) is 22.6 Å². The zero-order chi connectivity index (χ0) is 29.2. The van der Waals surface area contributed by atoms with E-state index in [9.17, 15) is 9.59 Å². The van der Waals surface area contributed by atoms with E-state index in [1.807, 2.05) is 53.1 Å². The number of hydrogen-bond acceptors (Lipinski definition) is 5. The fourth-order valence-electron chi connectivity index (χ4n) is 5.66. The van der Waals surface area contributed by atoms with Crippen molar-refractivity contribution in [2.75, 3.05) is 6.61 Å².